The Bertz CT molecular complexity index is 1140. The summed E-state index contributed by atoms with van der Waals surface area (Å²) in [6.07, 6.45) is -5.48. The maximum atomic E-state index is 13.7. The van der Waals surface area contributed by atoms with Crippen molar-refractivity contribution >= 4 is 11.8 Å². The Balaban J connectivity index is 2.11. The van der Waals surface area contributed by atoms with Gasteiger partial charge in [-0.25, -0.2) is 4.39 Å². The minimum atomic E-state index is -4.74. The smallest absolute Gasteiger partial charge is 0.406 e. The molecule has 0 aliphatic rings. The average molecular weight is 507 g/mol. The molecule has 188 valence electrons. The summed E-state index contributed by atoms with van der Waals surface area (Å²) >= 11 is 1.49. The summed E-state index contributed by atoms with van der Waals surface area (Å²) < 4.78 is 55.2. The summed E-state index contributed by atoms with van der Waals surface area (Å²) in [5.41, 5.74) is 5.72. The molecule has 35 heavy (non-hydrogen) atoms. The van der Waals surface area contributed by atoms with E-state index in [1.54, 1.807) is 31.2 Å². The predicted molar refractivity (Wildman–Crippen MR) is 133 cm³/mol. The van der Waals surface area contributed by atoms with Gasteiger partial charge in [0.05, 0.1) is 6.10 Å². The lowest BCUT2D eigenvalue weighted by atomic mass is 9.80. The van der Waals surface area contributed by atoms with E-state index in [-0.39, 0.29) is 23.4 Å². The van der Waals surface area contributed by atoms with Crippen molar-refractivity contribution in [2.45, 2.75) is 69.6 Å². The van der Waals surface area contributed by atoms with Crippen molar-refractivity contribution in [2.75, 3.05) is 0 Å². The number of ether oxygens (including phenoxy) is 1. The molecular formula is C28H30F4O2S. The molecule has 7 heteroatoms. The van der Waals surface area contributed by atoms with Crippen LogP contribution in [0.3, 0.4) is 0 Å². The second-order valence-corrected chi connectivity index (χ2v) is 10.2. The van der Waals surface area contributed by atoms with E-state index in [1.807, 2.05) is 0 Å². The Morgan fingerprint density at radius 1 is 0.857 bits per heavy atom. The highest BCUT2D eigenvalue weighted by atomic mass is 32.2. The van der Waals surface area contributed by atoms with Crippen LogP contribution in [-0.2, 0) is 5.75 Å². The van der Waals surface area contributed by atoms with Crippen LogP contribution < -0.4 is 4.74 Å². The van der Waals surface area contributed by atoms with Gasteiger partial charge >= 0.3 is 6.36 Å². The number of thioether (sulfide) groups is 1. The van der Waals surface area contributed by atoms with E-state index in [2.05, 4.69) is 38.5 Å². The third-order valence-corrected chi connectivity index (χ3v) is 6.82. The van der Waals surface area contributed by atoms with Crippen molar-refractivity contribution in [3.8, 4) is 16.9 Å². The second-order valence-electron chi connectivity index (χ2n) is 9.12. The molecule has 3 rings (SSSR count). The van der Waals surface area contributed by atoms with Gasteiger partial charge in [0, 0.05) is 10.6 Å². The molecule has 0 bridgehead atoms. The number of hydrogen-bond donors (Lipinski definition) is 1. The van der Waals surface area contributed by atoms with E-state index in [0.29, 0.717) is 5.75 Å². The summed E-state index contributed by atoms with van der Waals surface area (Å²) in [7, 11) is 0. The number of aliphatic hydroxyl groups excluding tert-OH is 1. The number of hydrogen-bond acceptors (Lipinski definition) is 3. The molecule has 0 saturated carbocycles. The van der Waals surface area contributed by atoms with Gasteiger partial charge in [-0.3, -0.25) is 0 Å². The fourth-order valence-corrected chi connectivity index (χ4v) is 5.17. The van der Waals surface area contributed by atoms with Crippen molar-refractivity contribution in [1.82, 2.24) is 0 Å². The minimum absolute atomic E-state index is 0.166. The summed E-state index contributed by atoms with van der Waals surface area (Å²) in [5.74, 6) is 0.271. The van der Waals surface area contributed by atoms with E-state index in [9.17, 15) is 22.7 Å². The van der Waals surface area contributed by atoms with Gasteiger partial charge in [0.2, 0.25) is 0 Å². The lowest BCUT2D eigenvalue weighted by Crippen LogP contribution is -2.16. The number of alkyl halides is 3. The van der Waals surface area contributed by atoms with Gasteiger partial charge in [-0.2, -0.15) is 0 Å². The van der Waals surface area contributed by atoms with Gasteiger partial charge in [-0.1, -0.05) is 45.9 Å². The number of aliphatic hydroxyl groups is 1. The van der Waals surface area contributed by atoms with Crippen molar-refractivity contribution in [3.63, 3.8) is 0 Å². The fourth-order valence-electron chi connectivity index (χ4n) is 4.22. The van der Waals surface area contributed by atoms with Crippen molar-refractivity contribution in [2.24, 2.45) is 0 Å². The molecule has 0 radical (unpaired) electrons. The van der Waals surface area contributed by atoms with Crippen LogP contribution in [0.4, 0.5) is 17.6 Å². The molecular weight excluding hydrogens is 476 g/mol. The van der Waals surface area contributed by atoms with Crippen LogP contribution in [0.15, 0.2) is 59.5 Å². The zero-order chi connectivity index (χ0) is 25.9. The Hall–Kier alpha value is -2.51. The predicted octanol–water partition coefficient (Wildman–Crippen LogP) is 8.98. The first-order chi connectivity index (χ1) is 16.4. The van der Waals surface area contributed by atoms with Crippen LogP contribution in [0.1, 0.15) is 74.8 Å². The molecule has 0 fully saturated rings. The highest BCUT2D eigenvalue weighted by Gasteiger charge is 2.31. The molecule has 0 aliphatic heterocycles. The lowest BCUT2D eigenvalue weighted by molar-refractivity contribution is -0.274. The average Bonchev–Trinajstić information content (AvgIpc) is 2.76. The van der Waals surface area contributed by atoms with Crippen LogP contribution in [0.25, 0.3) is 11.1 Å². The van der Waals surface area contributed by atoms with Crippen molar-refractivity contribution < 1.29 is 27.4 Å². The number of halogens is 4. The molecule has 0 heterocycles. The first-order valence-corrected chi connectivity index (χ1v) is 12.5. The van der Waals surface area contributed by atoms with Gasteiger partial charge in [-0.05, 0) is 88.5 Å². The molecule has 1 unspecified atom stereocenters. The Morgan fingerprint density at radius 2 is 1.43 bits per heavy atom. The zero-order valence-electron chi connectivity index (χ0n) is 20.4. The van der Waals surface area contributed by atoms with Crippen LogP contribution in [-0.4, -0.2) is 11.5 Å². The van der Waals surface area contributed by atoms with Gasteiger partial charge in [0.1, 0.15) is 11.6 Å². The van der Waals surface area contributed by atoms with Gasteiger partial charge in [0.15, 0.2) is 0 Å². The lowest BCUT2D eigenvalue weighted by Gasteiger charge is -2.27. The standard InChI is InChI=1S/C28H30F4O2S/c1-16(2)23-14-24(17(3)4)26(18(5)33)27(19-6-8-20(29)9-7-19)25(23)15-35-22-12-10-21(11-13-22)34-28(30,31)32/h6-14,16-18,33H,15H2,1-5H3. The Morgan fingerprint density at radius 3 is 1.91 bits per heavy atom. The van der Waals surface area contributed by atoms with Crippen molar-refractivity contribution in [3.05, 3.63) is 82.7 Å². The second kappa shape index (κ2) is 11.0. The summed E-state index contributed by atoms with van der Waals surface area (Å²) in [4.78, 5) is 0.783. The molecule has 2 nitrogen and oxygen atoms in total. The van der Waals surface area contributed by atoms with Gasteiger partial charge in [0.25, 0.3) is 0 Å². The maximum absolute atomic E-state index is 13.7. The monoisotopic (exact) mass is 506 g/mol. The summed E-state index contributed by atoms with van der Waals surface area (Å²) in [6.45, 7) is 10.1. The van der Waals surface area contributed by atoms with Gasteiger partial charge in [-0.15, -0.1) is 24.9 Å². The molecule has 0 amide bonds. The Kier molecular flexibility index (Phi) is 8.54. The van der Waals surface area contributed by atoms with Crippen LogP contribution in [0.5, 0.6) is 5.75 Å². The topological polar surface area (TPSA) is 29.5 Å². The normalized spacial score (nSPS) is 12.9. The van der Waals surface area contributed by atoms with Crippen molar-refractivity contribution in [1.29, 1.82) is 0 Å². The fraction of sp³-hybridized carbons (Fsp3) is 0.357. The van der Waals surface area contributed by atoms with E-state index in [1.165, 1.54) is 36.0 Å². The first kappa shape index (κ1) is 27.1. The first-order valence-electron chi connectivity index (χ1n) is 11.5. The number of benzene rings is 3. The molecule has 1 atom stereocenters. The van der Waals surface area contributed by atoms with E-state index >= 15 is 0 Å². The minimum Gasteiger partial charge on any atom is -0.406 e. The largest absolute Gasteiger partial charge is 0.573 e. The molecule has 0 aromatic heterocycles. The summed E-state index contributed by atoms with van der Waals surface area (Å²) in [5, 5.41) is 10.8. The van der Waals surface area contributed by atoms with Gasteiger partial charge < -0.3 is 9.84 Å². The van der Waals surface area contributed by atoms with Crippen LogP contribution in [0, 0.1) is 5.82 Å². The molecule has 3 aromatic carbocycles. The molecule has 0 saturated heterocycles. The molecule has 0 spiro atoms. The number of rotatable bonds is 8. The zero-order valence-corrected chi connectivity index (χ0v) is 21.2. The third-order valence-electron chi connectivity index (χ3n) is 5.78. The summed E-state index contributed by atoms with van der Waals surface area (Å²) in [6, 6.07) is 14.2. The molecule has 0 aliphatic carbocycles. The van der Waals surface area contributed by atoms with E-state index in [4.69, 9.17) is 0 Å². The Labute approximate surface area is 208 Å². The quantitative estimate of drug-likeness (QED) is 0.244. The highest BCUT2D eigenvalue weighted by molar-refractivity contribution is 7.98. The van der Waals surface area contributed by atoms with E-state index in [0.717, 1.165) is 38.3 Å². The molecule has 1 N–H and O–H groups in total. The van der Waals surface area contributed by atoms with Crippen LogP contribution in [0.2, 0.25) is 0 Å². The maximum Gasteiger partial charge on any atom is 0.573 e. The SMILES string of the molecule is CC(C)c1cc(C(C)C)c(C(C)O)c(-c2ccc(F)cc2)c1CSc1ccc(OC(F)(F)F)cc1. The molecule has 3 aromatic rings. The van der Waals surface area contributed by atoms with Crippen LogP contribution >= 0.6 is 11.8 Å². The van der Waals surface area contributed by atoms with E-state index < -0.39 is 12.5 Å². The highest BCUT2D eigenvalue weighted by Crippen LogP contribution is 2.43. The third kappa shape index (κ3) is 6.79.